The number of aryl methyl sites for hydroxylation is 2. The summed E-state index contributed by atoms with van der Waals surface area (Å²) in [6, 6.07) is 25.9. The standard InChI is InChI=1S/C34H32N4O4.ClH/c1-3-42-32(40)21-38(34(41)26-14-13-23-6-4-5-7-25(23)18-26)27-15-16-30-28(19-27)29(20-37(30)2)31(39)17-10-22-8-11-24(12-9-22)33(35)36;/h4-9,11-16,18-20H,3,10,17,21H2,1-2H3,(H3,35,36);1H. The highest BCUT2D eigenvalue weighted by Crippen LogP contribution is 2.29. The molecule has 0 saturated carbocycles. The number of amides is 1. The molecule has 1 aromatic heterocycles. The van der Waals surface area contributed by atoms with Gasteiger partial charge in [-0.2, -0.15) is 0 Å². The Morgan fingerprint density at radius 3 is 2.30 bits per heavy atom. The number of nitrogens with two attached hydrogens (primary N) is 1. The lowest BCUT2D eigenvalue weighted by Crippen LogP contribution is -2.36. The van der Waals surface area contributed by atoms with E-state index in [1.807, 2.05) is 66.2 Å². The quantitative estimate of drug-likeness (QED) is 0.0879. The number of rotatable bonds is 10. The summed E-state index contributed by atoms with van der Waals surface area (Å²) in [7, 11) is 1.87. The van der Waals surface area contributed by atoms with E-state index in [2.05, 4.69) is 0 Å². The van der Waals surface area contributed by atoms with Gasteiger partial charge in [0, 0.05) is 52.9 Å². The van der Waals surface area contributed by atoms with Gasteiger partial charge in [0.1, 0.15) is 12.4 Å². The van der Waals surface area contributed by atoms with Crippen molar-refractivity contribution < 1.29 is 19.1 Å². The third kappa shape index (κ3) is 6.76. The van der Waals surface area contributed by atoms with Crippen LogP contribution in [0.3, 0.4) is 0 Å². The van der Waals surface area contributed by atoms with E-state index in [4.69, 9.17) is 15.9 Å². The van der Waals surface area contributed by atoms with E-state index < -0.39 is 5.97 Å². The smallest absolute Gasteiger partial charge is 0.326 e. The van der Waals surface area contributed by atoms with Crippen molar-refractivity contribution in [2.75, 3.05) is 18.1 Å². The van der Waals surface area contributed by atoms with Crippen molar-refractivity contribution in [1.82, 2.24) is 4.57 Å². The summed E-state index contributed by atoms with van der Waals surface area (Å²) in [5, 5.41) is 10.2. The van der Waals surface area contributed by atoms with Crippen LogP contribution in [0.15, 0.2) is 91.1 Å². The van der Waals surface area contributed by atoms with Gasteiger partial charge in [-0.05, 0) is 60.0 Å². The van der Waals surface area contributed by atoms with Gasteiger partial charge in [-0.15, -0.1) is 12.4 Å². The molecule has 9 heteroatoms. The molecule has 3 N–H and O–H groups in total. The average molecular weight is 597 g/mol. The number of nitrogens with zero attached hydrogens (tertiary/aromatic N) is 2. The van der Waals surface area contributed by atoms with E-state index in [0.29, 0.717) is 34.2 Å². The van der Waals surface area contributed by atoms with Gasteiger partial charge in [0.2, 0.25) is 0 Å². The van der Waals surface area contributed by atoms with Crippen LogP contribution in [0.25, 0.3) is 21.7 Å². The number of amidine groups is 1. The maximum absolute atomic E-state index is 13.8. The number of anilines is 1. The molecule has 8 nitrogen and oxygen atoms in total. The number of nitrogens with one attached hydrogen (secondary N) is 1. The third-order valence-corrected chi connectivity index (χ3v) is 7.32. The monoisotopic (exact) mass is 596 g/mol. The Kier molecular flexibility index (Phi) is 9.63. The van der Waals surface area contributed by atoms with Gasteiger partial charge in [-0.1, -0.05) is 54.6 Å². The van der Waals surface area contributed by atoms with Gasteiger partial charge >= 0.3 is 5.97 Å². The fraction of sp³-hybridized carbons (Fsp3) is 0.176. The number of ether oxygens (including phenoxy) is 1. The first kappa shape index (κ1) is 31.0. The number of carbonyl (C=O) groups excluding carboxylic acids is 3. The molecular weight excluding hydrogens is 564 g/mol. The van der Waals surface area contributed by atoms with Crippen LogP contribution in [-0.2, 0) is 23.0 Å². The minimum absolute atomic E-state index is 0. The SMILES string of the molecule is CCOC(=O)CN(C(=O)c1ccc2ccccc2c1)c1ccc2c(c1)c(C(=O)CCc1ccc(C(=N)N)cc1)cn2C.Cl. The van der Waals surface area contributed by atoms with Crippen LogP contribution in [-0.4, -0.2) is 41.2 Å². The first-order chi connectivity index (χ1) is 20.2. The molecule has 4 aromatic carbocycles. The van der Waals surface area contributed by atoms with Crippen LogP contribution in [0.4, 0.5) is 5.69 Å². The van der Waals surface area contributed by atoms with E-state index in [1.165, 1.54) is 4.90 Å². The highest BCUT2D eigenvalue weighted by molar-refractivity contribution is 6.13. The predicted molar refractivity (Wildman–Crippen MR) is 173 cm³/mol. The lowest BCUT2D eigenvalue weighted by atomic mass is 10.0. The highest BCUT2D eigenvalue weighted by atomic mass is 35.5. The molecule has 1 heterocycles. The number of aromatic nitrogens is 1. The maximum Gasteiger partial charge on any atom is 0.326 e. The zero-order valence-electron chi connectivity index (χ0n) is 24.0. The number of benzene rings is 4. The van der Waals surface area contributed by atoms with E-state index in [1.54, 1.807) is 43.5 Å². The molecule has 0 saturated heterocycles. The molecule has 5 aromatic rings. The lowest BCUT2D eigenvalue weighted by molar-refractivity contribution is -0.141. The first-order valence-electron chi connectivity index (χ1n) is 13.8. The molecule has 43 heavy (non-hydrogen) atoms. The molecule has 220 valence electrons. The number of hydrogen-bond acceptors (Lipinski definition) is 5. The van der Waals surface area contributed by atoms with Gasteiger partial charge in [-0.25, -0.2) is 0 Å². The Morgan fingerprint density at radius 2 is 1.60 bits per heavy atom. The Labute approximate surface area is 256 Å². The van der Waals surface area contributed by atoms with Crippen LogP contribution in [0.2, 0.25) is 0 Å². The van der Waals surface area contributed by atoms with Crippen molar-refractivity contribution in [2.45, 2.75) is 19.8 Å². The molecule has 5 rings (SSSR count). The number of ketones is 1. The molecule has 0 bridgehead atoms. The predicted octanol–water partition coefficient (Wildman–Crippen LogP) is 6.06. The van der Waals surface area contributed by atoms with Crippen molar-refractivity contribution in [2.24, 2.45) is 12.8 Å². The van der Waals surface area contributed by atoms with Gasteiger partial charge in [0.25, 0.3) is 5.91 Å². The molecule has 0 unspecified atom stereocenters. The van der Waals surface area contributed by atoms with Crippen LogP contribution in [0.5, 0.6) is 0 Å². The second-order valence-electron chi connectivity index (χ2n) is 10.1. The fourth-order valence-corrected chi connectivity index (χ4v) is 5.11. The number of carbonyl (C=O) groups is 3. The number of Topliss-reactive ketones (excluding diaryl/α,β-unsaturated/α-hetero) is 1. The summed E-state index contributed by atoms with van der Waals surface area (Å²) in [6.07, 6.45) is 2.62. The zero-order chi connectivity index (χ0) is 29.8. The molecule has 0 spiro atoms. The van der Waals surface area contributed by atoms with Crippen LogP contribution in [0, 0.1) is 5.41 Å². The van der Waals surface area contributed by atoms with Crippen molar-refractivity contribution in [3.05, 3.63) is 113 Å². The second-order valence-corrected chi connectivity index (χ2v) is 10.1. The average Bonchev–Trinajstić information content (AvgIpc) is 3.34. The molecule has 0 aliphatic heterocycles. The van der Waals surface area contributed by atoms with E-state index >= 15 is 0 Å². The molecular formula is C34H33ClN4O4. The maximum atomic E-state index is 13.8. The third-order valence-electron chi connectivity index (χ3n) is 7.32. The van der Waals surface area contributed by atoms with Crippen LogP contribution in [0.1, 0.15) is 45.2 Å². The van der Waals surface area contributed by atoms with Gasteiger partial charge < -0.3 is 15.0 Å². The van der Waals surface area contributed by atoms with Crippen molar-refractivity contribution >= 4 is 63.3 Å². The first-order valence-corrected chi connectivity index (χ1v) is 13.8. The number of halogens is 1. The zero-order valence-corrected chi connectivity index (χ0v) is 24.8. The van der Waals surface area contributed by atoms with Crippen LogP contribution >= 0.6 is 12.4 Å². The van der Waals surface area contributed by atoms with E-state index in [-0.39, 0.29) is 49.5 Å². The molecule has 0 aliphatic carbocycles. The van der Waals surface area contributed by atoms with E-state index in [9.17, 15) is 14.4 Å². The fourth-order valence-electron chi connectivity index (χ4n) is 5.11. The summed E-state index contributed by atoms with van der Waals surface area (Å²) in [6.45, 7) is 1.65. The second kappa shape index (κ2) is 13.4. The largest absolute Gasteiger partial charge is 0.465 e. The van der Waals surface area contributed by atoms with Gasteiger partial charge in [0.15, 0.2) is 5.78 Å². The minimum atomic E-state index is -0.521. The van der Waals surface area contributed by atoms with E-state index in [0.717, 1.165) is 21.9 Å². The molecule has 0 atom stereocenters. The summed E-state index contributed by atoms with van der Waals surface area (Å²) in [4.78, 5) is 41.3. The summed E-state index contributed by atoms with van der Waals surface area (Å²) >= 11 is 0. The number of esters is 1. The number of fused-ring (bicyclic) bond motifs is 2. The normalized spacial score (nSPS) is 10.7. The van der Waals surface area contributed by atoms with Crippen molar-refractivity contribution in [3.8, 4) is 0 Å². The Bertz CT molecular complexity index is 1830. The Morgan fingerprint density at radius 1 is 0.907 bits per heavy atom. The van der Waals surface area contributed by atoms with Crippen molar-refractivity contribution in [3.63, 3.8) is 0 Å². The molecule has 0 fully saturated rings. The topological polar surface area (TPSA) is 118 Å². The van der Waals surface area contributed by atoms with Gasteiger partial charge in [-0.3, -0.25) is 24.7 Å². The number of hydrogen-bond donors (Lipinski definition) is 2. The highest BCUT2D eigenvalue weighted by Gasteiger charge is 2.24. The Balaban J connectivity index is 0.00000423. The lowest BCUT2D eigenvalue weighted by Gasteiger charge is -2.22. The van der Waals surface area contributed by atoms with Crippen molar-refractivity contribution in [1.29, 1.82) is 5.41 Å². The Hall–Kier alpha value is -4.95. The molecule has 1 amide bonds. The molecule has 0 aliphatic rings. The summed E-state index contributed by atoms with van der Waals surface area (Å²) < 4.78 is 7.07. The molecule has 0 radical (unpaired) electrons. The van der Waals surface area contributed by atoms with Crippen LogP contribution < -0.4 is 10.6 Å². The summed E-state index contributed by atoms with van der Waals surface area (Å²) in [5.41, 5.74) is 9.47. The summed E-state index contributed by atoms with van der Waals surface area (Å²) in [5.74, 6) is -0.899. The number of nitrogen functional groups attached to an aromatic ring is 1. The minimum Gasteiger partial charge on any atom is -0.465 e. The van der Waals surface area contributed by atoms with Gasteiger partial charge in [0.05, 0.1) is 6.61 Å².